The van der Waals surface area contributed by atoms with Gasteiger partial charge in [-0.25, -0.2) is 4.39 Å². The molecule has 0 bridgehead atoms. The highest BCUT2D eigenvalue weighted by Crippen LogP contribution is 2.39. The minimum atomic E-state index is -0.208. The van der Waals surface area contributed by atoms with Crippen LogP contribution in [0.2, 0.25) is 0 Å². The number of quaternary nitrogens is 1. The average Bonchev–Trinajstić information content (AvgIpc) is 2.88. The van der Waals surface area contributed by atoms with Gasteiger partial charge in [-0.1, -0.05) is 18.2 Å². The molecule has 3 rings (SSSR count). The van der Waals surface area contributed by atoms with E-state index in [0.29, 0.717) is 11.3 Å². The number of benzene rings is 1. The van der Waals surface area contributed by atoms with Gasteiger partial charge in [0.25, 0.3) is 0 Å². The second-order valence-electron chi connectivity index (χ2n) is 5.83. The van der Waals surface area contributed by atoms with Crippen molar-refractivity contribution in [3.05, 3.63) is 35.6 Å². The lowest BCUT2D eigenvalue weighted by atomic mass is 10.1. The number of rotatable bonds is 4. The summed E-state index contributed by atoms with van der Waals surface area (Å²) >= 11 is 1.54. The number of likely N-dealkylation sites (tertiary alicyclic amines) is 1. The van der Waals surface area contributed by atoms with Crippen molar-refractivity contribution in [1.82, 2.24) is 4.90 Å². The van der Waals surface area contributed by atoms with Gasteiger partial charge in [-0.2, -0.15) is 0 Å². The van der Waals surface area contributed by atoms with Gasteiger partial charge in [-0.3, -0.25) is 4.79 Å². The number of piperidine rings is 1. The first-order chi connectivity index (χ1) is 10.3. The third-order valence-corrected chi connectivity index (χ3v) is 5.64. The van der Waals surface area contributed by atoms with Crippen LogP contribution in [0.5, 0.6) is 0 Å². The monoisotopic (exact) mass is 309 g/mol. The second-order valence-corrected chi connectivity index (χ2v) is 6.90. The molecule has 0 spiro atoms. The molecule has 0 aliphatic carbocycles. The molecule has 1 aromatic rings. The summed E-state index contributed by atoms with van der Waals surface area (Å²) in [7, 11) is 0. The van der Waals surface area contributed by atoms with Crippen molar-refractivity contribution in [3.63, 3.8) is 0 Å². The fourth-order valence-electron chi connectivity index (χ4n) is 3.21. The maximum Gasteiger partial charge on any atom is 0.234 e. The SMILES string of the molecule is O=C1CS[C@@H](c2ccccc2F)N1CC[NH+]1CCCCC1. The zero-order valence-corrected chi connectivity index (χ0v) is 13.0. The maximum atomic E-state index is 14.0. The third-order valence-electron chi connectivity index (χ3n) is 4.41. The van der Waals surface area contributed by atoms with Crippen LogP contribution in [0.4, 0.5) is 4.39 Å². The first kappa shape index (κ1) is 14.9. The fourth-order valence-corrected chi connectivity index (χ4v) is 4.45. The van der Waals surface area contributed by atoms with Crippen LogP contribution in [-0.2, 0) is 4.79 Å². The van der Waals surface area contributed by atoms with Crippen LogP contribution in [0.1, 0.15) is 30.2 Å². The Balaban J connectivity index is 1.66. The van der Waals surface area contributed by atoms with Crippen LogP contribution in [0.3, 0.4) is 0 Å². The normalized spacial score (nSPS) is 23.8. The molecule has 3 nitrogen and oxygen atoms in total. The molecular weight excluding hydrogens is 287 g/mol. The zero-order chi connectivity index (χ0) is 14.7. The Kier molecular flexibility index (Phi) is 4.80. The largest absolute Gasteiger partial charge is 0.333 e. The van der Waals surface area contributed by atoms with Crippen molar-refractivity contribution < 1.29 is 14.1 Å². The van der Waals surface area contributed by atoms with Crippen LogP contribution < -0.4 is 4.90 Å². The van der Waals surface area contributed by atoms with E-state index < -0.39 is 0 Å². The highest BCUT2D eigenvalue weighted by Gasteiger charge is 2.34. The number of hydrogen-bond donors (Lipinski definition) is 1. The van der Waals surface area contributed by atoms with Crippen LogP contribution >= 0.6 is 11.8 Å². The molecule has 0 radical (unpaired) electrons. The molecule has 1 amide bonds. The summed E-state index contributed by atoms with van der Waals surface area (Å²) in [6, 6.07) is 6.82. The molecule has 2 fully saturated rings. The van der Waals surface area contributed by atoms with E-state index in [1.54, 1.807) is 17.0 Å². The number of amides is 1. The molecular formula is C16H22FN2OS+. The van der Waals surface area contributed by atoms with Gasteiger partial charge in [0.2, 0.25) is 5.91 Å². The van der Waals surface area contributed by atoms with Gasteiger partial charge in [0.05, 0.1) is 31.9 Å². The Hall–Kier alpha value is -1.07. The molecule has 114 valence electrons. The molecule has 0 aromatic heterocycles. The van der Waals surface area contributed by atoms with Crippen molar-refractivity contribution in [2.24, 2.45) is 0 Å². The van der Waals surface area contributed by atoms with Gasteiger partial charge in [0.15, 0.2) is 0 Å². The molecule has 0 unspecified atom stereocenters. The van der Waals surface area contributed by atoms with Crippen LogP contribution in [0, 0.1) is 5.82 Å². The number of hydrogen-bond acceptors (Lipinski definition) is 2. The van der Waals surface area contributed by atoms with Crippen molar-refractivity contribution in [1.29, 1.82) is 0 Å². The topological polar surface area (TPSA) is 24.8 Å². The Bertz CT molecular complexity index is 505. The van der Waals surface area contributed by atoms with Crippen molar-refractivity contribution in [3.8, 4) is 0 Å². The number of halogens is 1. The minimum Gasteiger partial charge on any atom is -0.333 e. The minimum absolute atomic E-state index is 0.143. The van der Waals surface area contributed by atoms with E-state index in [2.05, 4.69) is 0 Å². The van der Waals surface area contributed by atoms with Gasteiger partial charge < -0.3 is 9.80 Å². The summed E-state index contributed by atoms with van der Waals surface area (Å²) < 4.78 is 14.0. The van der Waals surface area contributed by atoms with Crippen LogP contribution in [-0.4, -0.2) is 42.7 Å². The van der Waals surface area contributed by atoms with E-state index in [1.165, 1.54) is 50.2 Å². The van der Waals surface area contributed by atoms with E-state index in [1.807, 2.05) is 11.0 Å². The smallest absolute Gasteiger partial charge is 0.234 e. The predicted octanol–water partition coefficient (Wildman–Crippen LogP) is 1.47. The summed E-state index contributed by atoms with van der Waals surface area (Å²) in [4.78, 5) is 15.6. The Labute approximate surface area is 129 Å². The van der Waals surface area contributed by atoms with E-state index in [0.717, 1.165) is 13.1 Å². The Morgan fingerprint density at radius 3 is 2.76 bits per heavy atom. The number of thioether (sulfide) groups is 1. The summed E-state index contributed by atoms with van der Waals surface area (Å²) in [6.45, 7) is 4.14. The Morgan fingerprint density at radius 1 is 1.24 bits per heavy atom. The highest BCUT2D eigenvalue weighted by atomic mass is 32.2. The molecule has 1 aromatic carbocycles. The number of carbonyl (C=O) groups excluding carboxylic acids is 1. The number of carbonyl (C=O) groups is 1. The van der Waals surface area contributed by atoms with E-state index in [9.17, 15) is 9.18 Å². The predicted molar refractivity (Wildman–Crippen MR) is 82.7 cm³/mol. The van der Waals surface area contributed by atoms with Gasteiger partial charge in [0.1, 0.15) is 11.2 Å². The van der Waals surface area contributed by atoms with Gasteiger partial charge in [-0.05, 0) is 25.3 Å². The highest BCUT2D eigenvalue weighted by molar-refractivity contribution is 8.00. The molecule has 5 heteroatoms. The molecule has 0 saturated carbocycles. The second kappa shape index (κ2) is 6.79. The lowest BCUT2D eigenvalue weighted by Gasteiger charge is -2.28. The first-order valence-corrected chi connectivity index (χ1v) is 8.79. The van der Waals surface area contributed by atoms with Crippen molar-refractivity contribution in [2.75, 3.05) is 31.9 Å². The fraction of sp³-hybridized carbons (Fsp3) is 0.562. The molecule has 2 aliphatic rings. The van der Waals surface area contributed by atoms with Crippen molar-refractivity contribution >= 4 is 17.7 Å². The number of nitrogens with zero attached hydrogens (tertiary/aromatic N) is 1. The summed E-state index contributed by atoms with van der Waals surface area (Å²) in [5.41, 5.74) is 0.641. The molecule has 2 aliphatic heterocycles. The zero-order valence-electron chi connectivity index (χ0n) is 12.2. The van der Waals surface area contributed by atoms with Gasteiger partial charge in [0, 0.05) is 5.56 Å². The molecule has 2 saturated heterocycles. The number of nitrogens with one attached hydrogen (secondary N) is 1. The lowest BCUT2D eigenvalue weighted by molar-refractivity contribution is -0.904. The van der Waals surface area contributed by atoms with E-state index >= 15 is 0 Å². The molecule has 1 N–H and O–H groups in total. The molecule has 2 heterocycles. The van der Waals surface area contributed by atoms with Crippen LogP contribution in [0.25, 0.3) is 0 Å². The van der Waals surface area contributed by atoms with E-state index in [-0.39, 0.29) is 17.1 Å². The van der Waals surface area contributed by atoms with Crippen LogP contribution in [0.15, 0.2) is 24.3 Å². The van der Waals surface area contributed by atoms with E-state index in [4.69, 9.17) is 0 Å². The van der Waals surface area contributed by atoms with Gasteiger partial charge in [-0.15, -0.1) is 11.8 Å². The average molecular weight is 309 g/mol. The standard InChI is InChI=1S/C16H21FN2OS/c17-14-7-3-2-6-13(14)16-19(15(20)12-21-16)11-10-18-8-4-1-5-9-18/h2-3,6-7,16H,1,4-5,8-12H2/p+1/t16-/m0/s1. The quantitative estimate of drug-likeness (QED) is 0.911. The first-order valence-electron chi connectivity index (χ1n) is 7.75. The van der Waals surface area contributed by atoms with Gasteiger partial charge >= 0.3 is 0 Å². The Morgan fingerprint density at radius 2 is 2.00 bits per heavy atom. The van der Waals surface area contributed by atoms with Crippen molar-refractivity contribution in [2.45, 2.75) is 24.6 Å². The third kappa shape index (κ3) is 3.40. The summed E-state index contributed by atoms with van der Waals surface area (Å²) in [5.74, 6) is 0.401. The lowest BCUT2D eigenvalue weighted by Crippen LogP contribution is -3.13. The molecule has 1 atom stereocenters. The summed E-state index contributed by atoms with van der Waals surface area (Å²) in [5, 5.41) is -0.150. The summed E-state index contributed by atoms with van der Waals surface area (Å²) in [6.07, 6.45) is 3.91. The molecule has 21 heavy (non-hydrogen) atoms. The maximum absolute atomic E-state index is 14.0.